The van der Waals surface area contributed by atoms with Gasteiger partial charge in [-0.25, -0.2) is 0 Å². The van der Waals surface area contributed by atoms with Gasteiger partial charge in [-0.2, -0.15) is 0 Å². The van der Waals surface area contributed by atoms with Crippen molar-refractivity contribution < 1.29 is 4.42 Å². The van der Waals surface area contributed by atoms with Crippen LogP contribution >= 0.6 is 0 Å². The lowest BCUT2D eigenvalue weighted by Gasteiger charge is -2.07. The number of para-hydroxylation sites is 2. The van der Waals surface area contributed by atoms with Gasteiger partial charge in [-0.1, -0.05) is 42.5 Å². The van der Waals surface area contributed by atoms with E-state index in [1.807, 2.05) is 18.3 Å². The number of pyridine rings is 1. The fraction of sp³-hybridized carbons (Fsp3) is 0.0741. The first kappa shape index (κ1) is 16.0. The van der Waals surface area contributed by atoms with Crippen molar-refractivity contribution >= 4 is 49.3 Å². The summed E-state index contributed by atoms with van der Waals surface area (Å²) in [5.41, 5.74) is 9.98. The number of benzene rings is 3. The van der Waals surface area contributed by atoms with E-state index in [1.165, 1.54) is 32.9 Å². The second-order valence-corrected chi connectivity index (χ2v) is 8.17. The van der Waals surface area contributed by atoms with E-state index in [9.17, 15) is 0 Å². The minimum absolute atomic E-state index is 0.918. The van der Waals surface area contributed by atoms with Crippen LogP contribution in [0.25, 0.3) is 60.5 Å². The molecule has 0 fully saturated rings. The normalized spacial score (nSPS) is 12.3. The summed E-state index contributed by atoms with van der Waals surface area (Å²) in [7, 11) is 0. The van der Waals surface area contributed by atoms with E-state index in [0.717, 1.165) is 38.7 Å². The van der Waals surface area contributed by atoms with Gasteiger partial charge in [-0.15, -0.1) is 0 Å². The highest BCUT2D eigenvalue weighted by Gasteiger charge is 2.24. The van der Waals surface area contributed by atoms with Crippen molar-refractivity contribution in [1.82, 2.24) is 9.38 Å². The Morgan fingerprint density at radius 1 is 0.767 bits per heavy atom. The highest BCUT2D eigenvalue weighted by Crippen LogP contribution is 2.46. The van der Waals surface area contributed by atoms with E-state index in [2.05, 4.69) is 72.8 Å². The van der Waals surface area contributed by atoms with Gasteiger partial charge < -0.3 is 8.82 Å². The Hall–Kier alpha value is -3.85. The molecule has 4 heterocycles. The molecule has 30 heavy (non-hydrogen) atoms. The molecular weight excluding hydrogens is 368 g/mol. The second kappa shape index (κ2) is 5.39. The molecule has 7 aromatic rings. The van der Waals surface area contributed by atoms with E-state index in [-0.39, 0.29) is 0 Å². The molecule has 0 amide bonds. The molecule has 0 aliphatic heterocycles. The molecule has 0 saturated heterocycles. The number of furan rings is 1. The Morgan fingerprint density at radius 3 is 2.43 bits per heavy atom. The first-order chi connectivity index (χ1) is 14.7. The molecule has 0 aliphatic rings. The molecule has 0 spiro atoms. The van der Waals surface area contributed by atoms with Crippen LogP contribution in [0.4, 0.5) is 0 Å². The zero-order valence-electron chi connectivity index (χ0n) is 16.7. The van der Waals surface area contributed by atoms with Crippen LogP contribution in [0.5, 0.6) is 0 Å². The largest absolute Gasteiger partial charge is 0.454 e. The van der Waals surface area contributed by atoms with Crippen LogP contribution in [-0.4, -0.2) is 9.38 Å². The minimum Gasteiger partial charge on any atom is -0.454 e. The lowest BCUT2D eigenvalue weighted by Crippen LogP contribution is -1.89. The molecule has 3 heteroatoms. The maximum Gasteiger partial charge on any atom is 0.162 e. The van der Waals surface area contributed by atoms with E-state index < -0.39 is 0 Å². The van der Waals surface area contributed by atoms with Gasteiger partial charge >= 0.3 is 0 Å². The predicted molar refractivity (Wildman–Crippen MR) is 124 cm³/mol. The van der Waals surface area contributed by atoms with E-state index in [1.54, 1.807) is 0 Å². The second-order valence-electron chi connectivity index (χ2n) is 8.17. The monoisotopic (exact) mass is 386 g/mol. The Kier molecular flexibility index (Phi) is 2.88. The van der Waals surface area contributed by atoms with Crippen LogP contribution in [0.1, 0.15) is 11.1 Å². The number of rotatable bonds is 1. The summed E-state index contributed by atoms with van der Waals surface area (Å²) >= 11 is 0. The Labute approximate surface area is 172 Å². The number of hydrogen-bond acceptors (Lipinski definition) is 2. The third kappa shape index (κ3) is 1.83. The number of aryl methyl sites for hydroxylation is 2. The van der Waals surface area contributed by atoms with Crippen molar-refractivity contribution in [3.05, 3.63) is 84.1 Å². The third-order valence-corrected chi connectivity index (χ3v) is 6.51. The summed E-state index contributed by atoms with van der Waals surface area (Å²) in [6, 6.07) is 23.6. The first-order valence-corrected chi connectivity index (χ1v) is 10.2. The summed E-state index contributed by atoms with van der Waals surface area (Å²) in [5.74, 6) is 0. The molecule has 0 bridgehead atoms. The lowest BCUT2D eigenvalue weighted by molar-refractivity contribution is 0.673. The van der Waals surface area contributed by atoms with Gasteiger partial charge in [-0.05, 0) is 49.2 Å². The van der Waals surface area contributed by atoms with Crippen molar-refractivity contribution in [2.45, 2.75) is 13.8 Å². The molecular formula is C27H18N2O. The van der Waals surface area contributed by atoms with Crippen LogP contribution in [0, 0.1) is 13.8 Å². The van der Waals surface area contributed by atoms with Crippen LogP contribution in [0.15, 0.2) is 77.3 Å². The van der Waals surface area contributed by atoms with Gasteiger partial charge in [0, 0.05) is 27.9 Å². The van der Waals surface area contributed by atoms with Crippen molar-refractivity contribution in [2.75, 3.05) is 0 Å². The first-order valence-electron chi connectivity index (χ1n) is 10.2. The zero-order valence-corrected chi connectivity index (χ0v) is 16.7. The number of hydrogen-bond donors (Lipinski definition) is 0. The zero-order chi connectivity index (χ0) is 20.0. The quantitative estimate of drug-likeness (QED) is 0.297. The van der Waals surface area contributed by atoms with Crippen LogP contribution in [-0.2, 0) is 0 Å². The molecule has 3 nitrogen and oxygen atoms in total. The number of fused-ring (bicyclic) bond motifs is 8. The van der Waals surface area contributed by atoms with Crippen LogP contribution in [0.2, 0.25) is 0 Å². The molecule has 0 unspecified atom stereocenters. The van der Waals surface area contributed by atoms with Crippen LogP contribution in [0.3, 0.4) is 0 Å². The van der Waals surface area contributed by atoms with Gasteiger partial charge in [0.15, 0.2) is 5.58 Å². The minimum atomic E-state index is 0.918. The Bertz CT molecular complexity index is 1770. The van der Waals surface area contributed by atoms with Gasteiger partial charge in [-0.3, -0.25) is 4.98 Å². The summed E-state index contributed by atoms with van der Waals surface area (Å²) in [5, 5.41) is 4.81. The summed E-state index contributed by atoms with van der Waals surface area (Å²) < 4.78 is 8.84. The Morgan fingerprint density at radius 2 is 1.57 bits per heavy atom. The van der Waals surface area contributed by atoms with Gasteiger partial charge in [0.05, 0.1) is 22.1 Å². The fourth-order valence-corrected chi connectivity index (χ4v) is 4.93. The molecule has 7 rings (SSSR count). The van der Waals surface area contributed by atoms with Crippen molar-refractivity contribution in [1.29, 1.82) is 0 Å². The van der Waals surface area contributed by atoms with E-state index in [0.29, 0.717) is 0 Å². The molecule has 0 N–H and O–H groups in total. The standard InChI is InChI=1S/C27H18N2O/c1-15-13-21(28-14-16(15)2)19-12-11-18-17-7-3-5-9-22(17)29-25(18)24(19)27-26(29)20-8-4-6-10-23(20)30-27/h3-14H,1-2H3. The Balaban J connectivity index is 1.79. The molecule has 4 aromatic heterocycles. The van der Waals surface area contributed by atoms with E-state index in [4.69, 9.17) is 9.40 Å². The maximum absolute atomic E-state index is 6.46. The molecule has 3 aromatic carbocycles. The van der Waals surface area contributed by atoms with Crippen molar-refractivity contribution in [2.24, 2.45) is 0 Å². The fourth-order valence-electron chi connectivity index (χ4n) is 4.93. The average Bonchev–Trinajstić information content (AvgIpc) is 3.40. The maximum atomic E-state index is 6.46. The summed E-state index contributed by atoms with van der Waals surface area (Å²) in [6.07, 6.45) is 1.96. The van der Waals surface area contributed by atoms with Gasteiger partial charge in [0.2, 0.25) is 0 Å². The number of nitrogens with zero attached hydrogens (tertiary/aromatic N) is 2. The van der Waals surface area contributed by atoms with Crippen molar-refractivity contribution in [3.8, 4) is 11.3 Å². The van der Waals surface area contributed by atoms with Crippen molar-refractivity contribution in [3.63, 3.8) is 0 Å². The summed E-state index contributed by atoms with van der Waals surface area (Å²) in [6.45, 7) is 4.24. The average molecular weight is 386 g/mol. The molecule has 0 saturated carbocycles. The SMILES string of the molecule is Cc1cnc(-c2ccc3c4ccccc4n4c5c6ccccc6oc5c2c34)cc1C. The topological polar surface area (TPSA) is 30.4 Å². The third-order valence-electron chi connectivity index (χ3n) is 6.51. The smallest absolute Gasteiger partial charge is 0.162 e. The number of aromatic nitrogens is 2. The molecule has 142 valence electrons. The lowest BCUT2D eigenvalue weighted by atomic mass is 10.0. The van der Waals surface area contributed by atoms with Crippen LogP contribution < -0.4 is 0 Å². The predicted octanol–water partition coefficient (Wildman–Crippen LogP) is 7.26. The molecule has 0 atom stereocenters. The molecule has 0 radical (unpaired) electrons. The summed E-state index contributed by atoms with van der Waals surface area (Å²) in [4.78, 5) is 4.78. The van der Waals surface area contributed by atoms with Gasteiger partial charge in [0.1, 0.15) is 11.1 Å². The highest BCUT2D eigenvalue weighted by molar-refractivity contribution is 6.28. The van der Waals surface area contributed by atoms with Gasteiger partial charge in [0.25, 0.3) is 0 Å². The highest BCUT2D eigenvalue weighted by atomic mass is 16.3. The van der Waals surface area contributed by atoms with E-state index >= 15 is 0 Å². The molecule has 0 aliphatic carbocycles.